The molecule has 0 aromatic carbocycles. The maximum absolute atomic E-state index is 12.5. The van der Waals surface area contributed by atoms with E-state index in [1.54, 1.807) is 6.08 Å². The summed E-state index contributed by atoms with van der Waals surface area (Å²) < 4.78 is 0. The topological polar surface area (TPSA) is 69.6 Å². The molecule has 1 amide bonds. The van der Waals surface area contributed by atoms with Crippen molar-refractivity contribution in [3.05, 3.63) is 97.2 Å². The lowest BCUT2D eigenvalue weighted by Crippen LogP contribution is -2.45. The number of hydrogen-bond donors (Lipinski definition) is 3. The van der Waals surface area contributed by atoms with Crippen LogP contribution in [0.4, 0.5) is 0 Å². The van der Waals surface area contributed by atoms with Gasteiger partial charge in [0.15, 0.2) is 0 Å². The first kappa shape index (κ1) is 75.3. The molecular weight excluding hydrogens is 951 g/mol. The molecule has 0 spiro atoms. The van der Waals surface area contributed by atoms with Gasteiger partial charge in [-0.2, -0.15) is 0 Å². The maximum Gasteiger partial charge on any atom is 0.220 e. The van der Waals surface area contributed by atoms with E-state index in [0.29, 0.717) is 6.42 Å². The van der Waals surface area contributed by atoms with E-state index in [9.17, 15) is 15.0 Å². The molecule has 0 fully saturated rings. The molecule has 0 heterocycles. The SMILES string of the molecule is CC/C=C\C/C=C\C/C=C\C/C=C\C/C=C\C/C=C\CCCCCCCCCCCCCCCCCCCCC(=O)NC(CO)C(O)/C=C/CC/C=C/CCCCCCCCCCCCCCCCCCCCCCCCC. The van der Waals surface area contributed by atoms with Crippen LogP contribution in [-0.2, 0) is 4.79 Å². The van der Waals surface area contributed by atoms with E-state index >= 15 is 0 Å². The van der Waals surface area contributed by atoms with Gasteiger partial charge >= 0.3 is 0 Å². The van der Waals surface area contributed by atoms with Crippen LogP contribution in [0.15, 0.2) is 97.2 Å². The van der Waals surface area contributed by atoms with Crippen LogP contribution >= 0.6 is 0 Å². The fourth-order valence-corrected chi connectivity index (χ4v) is 10.4. The standard InChI is InChI=1S/C74H133NO3/c1-3-5-7-9-11-13-15-17-19-21-23-25-27-29-31-33-34-35-36-37-38-39-40-42-44-46-48-50-52-54-56-58-60-62-64-66-68-70-74(78)75-72(71-76)73(77)69-67-65-63-61-59-57-55-53-51-49-47-45-43-41-32-30-28-26-24-22-20-18-16-14-12-10-8-6-4-2/h5,7,11,13,17,19,23,25,29,31,34-35,59,61,67,69,72-73,76-77H,3-4,6,8-10,12,14-16,18,20-22,24,26-28,30,32-33,36-58,60,62-66,68,70-71H2,1-2H3,(H,75,78)/b7-5-,13-11-,19-17-,25-23-,31-29-,35-34-,61-59+,69-67+. The molecule has 0 radical (unpaired) electrons. The Morgan fingerprint density at radius 1 is 0.321 bits per heavy atom. The highest BCUT2D eigenvalue weighted by Gasteiger charge is 2.18. The number of carbonyl (C=O) groups is 1. The van der Waals surface area contributed by atoms with Gasteiger partial charge in [0.2, 0.25) is 5.91 Å². The van der Waals surface area contributed by atoms with Crippen molar-refractivity contribution in [1.29, 1.82) is 0 Å². The lowest BCUT2D eigenvalue weighted by Gasteiger charge is -2.19. The molecule has 0 aromatic heterocycles. The first-order chi connectivity index (χ1) is 38.7. The zero-order chi connectivity index (χ0) is 56.2. The molecule has 2 atom stereocenters. The second kappa shape index (κ2) is 68.6. The van der Waals surface area contributed by atoms with Gasteiger partial charge in [-0.25, -0.2) is 0 Å². The van der Waals surface area contributed by atoms with E-state index < -0.39 is 12.1 Å². The Bertz CT molecular complexity index is 1420. The Kier molecular flexibility index (Phi) is 66.2. The van der Waals surface area contributed by atoms with Crippen LogP contribution in [0.5, 0.6) is 0 Å². The van der Waals surface area contributed by atoms with Gasteiger partial charge < -0.3 is 15.5 Å². The van der Waals surface area contributed by atoms with Crippen molar-refractivity contribution in [2.45, 2.75) is 360 Å². The third kappa shape index (κ3) is 64.1. The quantitative estimate of drug-likeness (QED) is 0.0420. The van der Waals surface area contributed by atoms with Crippen LogP contribution < -0.4 is 5.32 Å². The summed E-state index contributed by atoms with van der Waals surface area (Å²) in [6, 6.07) is -0.644. The second-order valence-electron chi connectivity index (χ2n) is 23.2. The smallest absolute Gasteiger partial charge is 0.220 e. The Morgan fingerprint density at radius 2 is 0.577 bits per heavy atom. The molecule has 0 saturated heterocycles. The van der Waals surface area contributed by atoms with E-state index in [1.807, 2.05) is 6.08 Å². The summed E-state index contributed by atoms with van der Waals surface area (Å²) in [5.74, 6) is -0.0709. The Labute approximate surface area is 487 Å². The van der Waals surface area contributed by atoms with E-state index in [4.69, 9.17) is 0 Å². The number of amides is 1. The Morgan fingerprint density at radius 3 is 0.897 bits per heavy atom. The fraction of sp³-hybridized carbons (Fsp3) is 0.770. The van der Waals surface area contributed by atoms with Crippen molar-refractivity contribution >= 4 is 5.91 Å². The minimum atomic E-state index is -0.867. The van der Waals surface area contributed by atoms with Gasteiger partial charge in [0.05, 0.1) is 18.8 Å². The van der Waals surface area contributed by atoms with Crippen LogP contribution in [-0.4, -0.2) is 34.9 Å². The zero-order valence-corrected chi connectivity index (χ0v) is 52.2. The van der Waals surface area contributed by atoms with Gasteiger partial charge in [0.1, 0.15) is 0 Å². The lowest BCUT2D eigenvalue weighted by atomic mass is 10.0. The zero-order valence-electron chi connectivity index (χ0n) is 52.2. The number of aliphatic hydroxyl groups is 2. The number of hydrogen-bond acceptors (Lipinski definition) is 3. The first-order valence-corrected chi connectivity index (χ1v) is 34.5. The van der Waals surface area contributed by atoms with E-state index in [2.05, 4.69) is 104 Å². The molecule has 0 saturated carbocycles. The predicted octanol–water partition coefficient (Wildman–Crippen LogP) is 23.6. The van der Waals surface area contributed by atoms with Crippen LogP contribution in [0.25, 0.3) is 0 Å². The number of rotatable bonds is 63. The van der Waals surface area contributed by atoms with Crippen molar-refractivity contribution < 1.29 is 15.0 Å². The van der Waals surface area contributed by atoms with E-state index in [0.717, 1.165) is 70.6 Å². The largest absolute Gasteiger partial charge is 0.394 e. The van der Waals surface area contributed by atoms with Gasteiger partial charge in [-0.3, -0.25) is 4.79 Å². The molecule has 78 heavy (non-hydrogen) atoms. The average Bonchev–Trinajstić information content (AvgIpc) is 3.44. The molecule has 452 valence electrons. The molecule has 0 aromatic rings. The molecule has 4 heteroatoms. The normalized spacial score (nSPS) is 13.3. The minimum Gasteiger partial charge on any atom is -0.394 e. The number of unbranched alkanes of at least 4 members (excludes halogenated alkanes) is 42. The van der Waals surface area contributed by atoms with Crippen LogP contribution in [0.2, 0.25) is 0 Å². The molecule has 0 aliphatic heterocycles. The highest BCUT2D eigenvalue weighted by Crippen LogP contribution is 2.18. The van der Waals surface area contributed by atoms with Crippen molar-refractivity contribution in [2.24, 2.45) is 0 Å². The fourth-order valence-electron chi connectivity index (χ4n) is 10.4. The Hall–Kier alpha value is -2.69. The molecule has 4 nitrogen and oxygen atoms in total. The molecule has 0 aliphatic carbocycles. The van der Waals surface area contributed by atoms with E-state index in [1.165, 1.54) is 257 Å². The molecular formula is C74H133NO3. The predicted molar refractivity (Wildman–Crippen MR) is 350 cm³/mol. The Balaban J connectivity index is 3.49. The highest BCUT2D eigenvalue weighted by molar-refractivity contribution is 5.76. The minimum absolute atomic E-state index is 0.0709. The molecule has 3 N–H and O–H groups in total. The summed E-state index contributed by atoms with van der Waals surface area (Å²) in [7, 11) is 0. The van der Waals surface area contributed by atoms with Crippen molar-refractivity contribution in [2.75, 3.05) is 6.61 Å². The summed E-state index contributed by atoms with van der Waals surface area (Å²) in [6.45, 7) is 4.21. The van der Waals surface area contributed by atoms with Crippen LogP contribution in [0.1, 0.15) is 348 Å². The van der Waals surface area contributed by atoms with E-state index in [-0.39, 0.29) is 12.5 Å². The van der Waals surface area contributed by atoms with Gasteiger partial charge in [0, 0.05) is 6.42 Å². The summed E-state index contributed by atoms with van der Waals surface area (Å²) in [4.78, 5) is 12.5. The average molecular weight is 1080 g/mol. The van der Waals surface area contributed by atoms with Gasteiger partial charge in [0.25, 0.3) is 0 Å². The molecule has 0 bridgehead atoms. The molecule has 2 unspecified atom stereocenters. The summed E-state index contributed by atoms with van der Waals surface area (Å²) in [6.07, 6.45) is 102. The molecule has 0 aliphatic rings. The second-order valence-corrected chi connectivity index (χ2v) is 23.2. The summed E-state index contributed by atoms with van der Waals surface area (Å²) >= 11 is 0. The van der Waals surface area contributed by atoms with Gasteiger partial charge in [-0.15, -0.1) is 0 Å². The highest BCUT2D eigenvalue weighted by atomic mass is 16.3. The summed E-state index contributed by atoms with van der Waals surface area (Å²) in [5, 5.41) is 23.3. The maximum atomic E-state index is 12.5. The third-order valence-electron chi connectivity index (χ3n) is 15.6. The first-order valence-electron chi connectivity index (χ1n) is 34.5. The number of nitrogens with one attached hydrogen (secondary N) is 1. The van der Waals surface area contributed by atoms with Crippen LogP contribution in [0, 0.1) is 0 Å². The number of aliphatic hydroxyl groups excluding tert-OH is 2. The van der Waals surface area contributed by atoms with Gasteiger partial charge in [-0.05, 0) is 83.5 Å². The van der Waals surface area contributed by atoms with Crippen molar-refractivity contribution in [3.63, 3.8) is 0 Å². The van der Waals surface area contributed by atoms with Crippen molar-refractivity contribution in [1.82, 2.24) is 5.32 Å². The van der Waals surface area contributed by atoms with Crippen molar-refractivity contribution in [3.8, 4) is 0 Å². The number of allylic oxidation sites excluding steroid dienone is 15. The summed E-state index contributed by atoms with van der Waals surface area (Å²) in [5.41, 5.74) is 0. The molecule has 0 rings (SSSR count). The monoisotopic (exact) mass is 1080 g/mol. The van der Waals surface area contributed by atoms with Gasteiger partial charge in [-0.1, -0.05) is 355 Å². The third-order valence-corrected chi connectivity index (χ3v) is 15.6. The van der Waals surface area contributed by atoms with Crippen LogP contribution in [0.3, 0.4) is 0 Å². The lowest BCUT2D eigenvalue weighted by molar-refractivity contribution is -0.123. The number of carbonyl (C=O) groups excluding carboxylic acids is 1.